The highest BCUT2D eigenvalue weighted by atomic mass is 31.2. The van der Waals surface area contributed by atoms with Crippen LogP contribution in [0.25, 0.3) is 0 Å². The monoisotopic (exact) mass is 1690 g/mol. The fourth-order valence-corrected chi connectivity index (χ4v) is 16.7. The molecule has 0 aromatic heterocycles. The van der Waals surface area contributed by atoms with Crippen LogP contribution >= 0.6 is 7.82 Å². The SMILES string of the molecule is C=CCO[C@H]1O[C@H](CO[13C@@H]2O[C@H](COCc3ccccc3)[C@@H](OP3(=O)OCc4ccccc4CO3)[C@H](OC(=O)C[C@@H](CCCCCCC)OCc3ccccc3)[C@H]2NC(=O)C[C@@H](CCCCCCC)OCc2ccccc2)[C@@H](O)[C@H](OC(=O)C[C@@H](CCCCCCC)OCc2ccccc2)[C@H]1NC(=O)C[C@@H](CCCCCCC)OCc1ccccc1. The molecule has 6 aromatic carbocycles. The summed E-state index contributed by atoms with van der Waals surface area (Å²) in [6.07, 6.45) is 7.23. The average Bonchev–Trinajstić information content (AvgIpc) is 1.54. The number of hydrogen-bond acceptors (Lipinski definition) is 20. The fraction of sp³-hybridized carbons (Fsp3) is 0.571. The van der Waals surface area contributed by atoms with Gasteiger partial charge in [-0.3, -0.25) is 32.7 Å². The van der Waals surface area contributed by atoms with E-state index in [9.17, 15) is 5.11 Å². The molecule has 14 atom stereocenters. The lowest BCUT2D eigenvalue weighted by molar-refractivity contribution is -0.304. The van der Waals surface area contributed by atoms with Crippen molar-refractivity contribution in [1.29, 1.82) is 0 Å². The standard InChI is InChI=1S/C98H137N2O20P/c1-6-11-15-19-38-56-81(109-66-75-46-30-24-31-47-75)61-87(101)99-91-95(118-89(103)63-83(58-40-21-17-13-8-3)111-68-77-50-34-26-35-51-77)93(105)85(116-97(91)108-60-10-5)73-113-98-92(100-88(102)62-82(57-39-20-16-12-7-2)110-67-76-48-32-25-33-49-76)96(119-90(104)64-84(59-41-22-18-14-9-4)112-69-78-52-36-27-37-53-78)94(86(117-98)72-107-65-74-44-28-23-29-45-74)120-121(106)114-70-79-54-42-43-55-80(79)71-115-121/h10,23-37,42-55,81-86,91-98,105H,5-9,11-22,38-41,56-73H2,1-4H3,(H,99,101)(H,100,102)/t81-,82-,83-,84-,85-,86-,91-,92-,93-,94-,95-,96-,97+,98-/m1/s1/i98+1. The second kappa shape index (κ2) is 56.5. The van der Waals surface area contributed by atoms with Gasteiger partial charge in [-0.2, -0.15) is 0 Å². The van der Waals surface area contributed by atoms with E-state index in [0.717, 1.165) is 156 Å². The third-order valence-corrected chi connectivity index (χ3v) is 23.7. The number of phosphoric ester groups is 1. The lowest BCUT2D eigenvalue weighted by atomic mass is 9.95. The van der Waals surface area contributed by atoms with E-state index in [0.29, 0.717) is 36.8 Å². The summed E-state index contributed by atoms with van der Waals surface area (Å²) >= 11 is 0. The van der Waals surface area contributed by atoms with Crippen LogP contribution in [0.2, 0.25) is 0 Å². The van der Waals surface area contributed by atoms with E-state index in [-0.39, 0.29) is 85.1 Å². The van der Waals surface area contributed by atoms with Gasteiger partial charge in [0.15, 0.2) is 24.8 Å². The Morgan fingerprint density at radius 1 is 0.421 bits per heavy atom. The predicted molar refractivity (Wildman–Crippen MR) is 466 cm³/mol. The molecule has 3 N–H and O–H groups in total. The third kappa shape index (κ3) is 36.0. The summed E-state index contributed by atoms with van der Waals surface area (Å²) in [5.41, 5.74) is 5.90. The Labute approximate surface area is 719 Å². The number of hydrogen-bond donors (Lipinski definition) is 3. The molecule has 6 aromatic rings. The molecule has 2 fully saturated rings. The highest BCUT2D eigenvalue weighted by Gasteiger charge is 2.55. The van der Waals surface area contributed by atoms with Crippen molar-refractivity contribution in [2.24, 2.45) is 0 Å². The number of nitrogens with one attached hydrogen (secondary N) is 2. The van der Waals surface area contributed by atoms with Crippen LogP contribution in [0, 0.1) is 0 Å². The Balaban J connectivity index is 1.11. The second-order valence-electron chi connectivity index (χ2n) is 32.3. The summed E-state index contributed by atoms with van der Waals surface area (Å²) in [5.74, 6) is -2.50. The van der Waals surface area contributed by atoms with Crippen molar-refractivity contribution in [3.8, 4) is 0 Å². The number of aliphatic hydroxyl groups excluding tert-OH is 1. The number of carbonyl (C=O) groups is 4. The molecule has 2 amide bonds. The van der Waals surface area contributed by atoms with Gasteiger partial charge in [0.1, 0.15) is 36.5 Å². The highest BCUT2D eigenvalue weighted by molar-refractivity contribution is 7.48. The minimum atomic E-state index is -4.73. The molecular formula is C98H137N2O20P. The average molecular weight is 1700 g/mol. The zero-order chi connectivity index (χ0) is 85.3. The summed E-state index contributed by atoms with van der Waals surface area (Å²) < 4.78 is 109. The van der Waals surface area contributed by atoms with Crippen LogP contribution in [0.5, 0.6) is 0 Å². The molecule has 9 rings (SSSR count). The van der Waals surface area contributed by atoms with Crippen molar-refractivity contribution in [2.75, 3.05) is 19.8 Å². The first-order chi connectivity index (χ1) is 59.2. The molecule has 3 aliphatic rings. The Hall–Kier alpha value is -7.35. The Morgan fingerprint density at radius 3 is 1.15 bits per heavy atom. The summed E-state index contributed by atoms with van der Waals surface area (Å²) in [5, 5.41) is 19.6. The maximum Gasteiger partial charge on any atom is 0.475 e. The van der Waals surface area contributed by atoms with Crippen LogP contribution in [0.3, 0.4) is 0 Å². The van der Waals surface area contributed by atoms with E-state index < -0.39 is 124 Å². The van der Waals surface area contributed by atoms with Crippen LogP contribution in [0.1, 0.15) is 246 Å². The molecule has 3 aliphatic heterocycles. The van der Waals surface area contributed by atoms with Gasteiger partial charge in [0.2, 0.25) is 11.8 Å². The van der Waals surface area contributed by atoms with Gasteiger partial charge in [-0.1, -0.05) is 338 Å². The largest absolute Gasteiger partial charge is 0.475 e. The van der Waals surface area contributed by atoms with Crippen molar-refractivity contribution in [2.45, 2.75) is 339 Å². The quantitative estimate of drug-likeness (QED) is 0.0105. The van der Waals surface area contributed by atoms with Gasteiger partial charge in [0.05, 0.1) is 116 Å². The van der Waals surface area contributed by atoms with Gasteiger partial charge in [-0.25, -0.2) is 4.57 Å². The number of phosphoric acid groups is 1. The molecule has 0 spiro atoms. The van der Waals surface area contributed by atoms with Gasteiger partial charge in [0.25, 0.3) is 0 Å². The summed E-state index contributed by atoms with van der Waals surface area (Å²) in [6.45, 7) is 12.1. The van der Waals surface area contributed by atoms with Crippen molar-refractivity contribution in [3.63, 3.8) is 0 Å². The summed E-state index contributed by atoms with van der Waals surface area (Å²) in [4.78, 5) is 61.4. The van der Waals surface area contributed by atoms with E-state index in [1.807, 2.05) is 176 Å². The molecule has 0 radical (unpaired) electrons. The zero-order valence-corrected chi connectivity index (χ0v) is 73.0. The first kappa shape index (κ1) is 97.5. The molecule has 22 nitrogen and oxygen atoms in total. The molecular weight excluding hydrogens is 1560 g/mol. The molecule has 121 heavy (non-hydrogen) atoms. The van der Waals surface area contributed by atoms with E-state index in [2.05, 4.69) is 44.9 Å². The lowest BCUT2D eigenvalue weighted by Gasteiger charge is -2.47. The van der Waals surface area contributed by atoms with Crippen molar-refractivity contribution in [1.82, 2.24) is 10.6 Å². The van der Waals surface area contributed by atoms with Crippen LogP contribution in [-0.4, -0.2) is 134 Å². The predicted octanol–water partition coefficient (Wildman–Crippen LogP) is 19.6. The minimum Gasteiger partial charge on any atom is -0.457 e. The minimum absolute atomic E-state index is 0.0519. The number of amides is 2. The molecule has 0 saturated carbocycles. The first-order valence-electron chi connectivity index (χ1n) is 44.9. The molecule has 23 heteroatoms. The van der Waals surface area contributed by atoms with Gasteiger partial charge >= 0.3 is 19.8 Å². The van der Waals surface area contributed by atoms with E-state index >= 15 is 23.7 Å². The Kier molecular flexibility index (Phi) is 45.5. The number of aliphatic hydroxyl groups is 1. The van der Waals surface area contributed by atoms with Crippen molar-refractivity contribution < 1.29 is 94.5 Å². The van der Waals surface area contributed by atoms with Crippen molar-refractivity contribution in [3.05, 3.63) is 228 Å². The fourth-order valence-electron chi connectivity index (χ4n) is 15.4. The summed E-state index contributed by atoms with van der Waals surface area (Å²) in [6, 6.07) is 52.8. The van der Waals surface area contributed by atoms with Crippen LogP contribution in [-0.2, 0) is 136 Å². The third-order valence-electron chi connectivity index (χ3n) is 22.3. The highest BCUT2D eigenvalue weighted by Crippen LogP contribution is 2.55. The van der Waals surface area contributed by atoms with Crippen LogP contribution in [0.15, 0.2) is 189 Å². The number of benzene rings is 6. The van der Waals surface area contributed by atoms with Gasteiger partial charge in [0, 0.05) is 0 Å². The number of ether oxygens (including phenoxy) is 11. The lowest BCUT2D eigenvalue weighted by Crippen LogP contribution is -2.68. The van der Waals surface area contributed by atoms with Crippen LogP contribution in [0.4, 0.5) is 0 Å². The number of fused-ring (bicyclic) bond motifs is 1. The van der Waals surface area contributed by atoms with E-state index in [1.165, 1.54) is 6.08 Å². The molecule has 3 heterocycles. The smallest absolute Gasteiger partial charge is 0.457 e. The number of carbonyl (C=O) groups excluding carboxylic acids is 4. The summed E-state index contributed by atoms with van der Waals surface area (Å²) in [7, 11) is -4.73. The van der Waals surface area contributed by atoms with E-state index in [4.69, 9.17) is 65.7 Å². The topological polar surface area (TPSA) is 259 Å². The van der Waals surface area contributed by atoms with Crippen molar-refractivity contribution >= 4 is 31.6 Å². The first-order valence-corrected chi connectivity index (χ1v) is 46.4. The maximum absolute atomic E-state index is 15.7. The molecule has 664 valence electrons. The maximum atomic E-state index is 15.7. The number of unbranched alkanes of at least 4 members (excludes halogenated alkanes) is 16. The second-order valence-corrected chi connectivity index (χ2v) is 33.9. The molecule has 0 unspecified atom stereocenters. The Bertz CT molecular complexity index is 3840. The van der Waals surface area contributed by atoms with Gasteiger partial charge in [-0.15, -0.1) is 6.58 Å². The normalized spacial score (nSPS) is 21.2. The van der Waals surface area contributed by atoms with Crippen LogP contribution < -0.4 is 10.6 Å². The molecule has 2 saturated heterocycles. The van der Waals surface area contributed by atoms with E-state index in [1.54, 1.807) is 0 Å². The van der Waals surface area contributed by atoms with Gasteiger partial charge < -0.3 is 67.8 Å². The van der Waals surface area contributed by atoms with Gasteiger partial charge in [-0.05, 0) is 64.6 Å². The number of esters is 2. The number of rotatable bonds is 60. The molecule has 0 bridgehead atoms. The Morgan fingerprint density at radius 2 is 0.760 bits per heavy atom. The zero-order valence-electron chi connectivity index (χ0n) is 72.1. The molecule has 0 aliphatic carbocycles.